The zero-order valence-corrected chi connectivity index (χ0v) is 18.1. The molecule has 0 bridgehead atoms. The molecule has 3 aromatic rings. The summed E-state index contributed by atoms with van der Waals surface area (Å²) in [6.45, 7) is 5.30. The zero-order chi connectivity index (χ0) is 19.4. The van der Waals surface area contributed by atoms with Gasteiger partial charge in [0, 0.05) is 12.7 Å². The summed E-state index contributed by atoms with van der Waals surface area (Å²) in [5.74, 6) is 0.872. The average Bonchev–Trinajstić information content (AvgIpc) is 2.92. The first-order valence-corrected chi connectivity index (χ1v) is 11.9. The van der Waals surface area contributed by atoms with Gasteiger partial charge in [-0.15, -0.1) is 0 Å². The highest BCUT2D eigenvalue weighted by atomic mass is 79.9. The van der Waals surface area contributed by atoms with Crippen LogP contribution >= 0.6 is 23.7 Å². The molecule has 1 atom stereocenters. The van der Waals surface area contributed by atoms with Gasteiger partial charge in [-0.1, -0.05) is 37.6 Å². The van der Waals surface area contributed by atoms with Gasteiger partial charge in [-0.05, 0) is 40.1 Å². The number of nitrogen functional groups attached to an aromatic ring is 1. The standard InChI is InChI=1S/C18H24BrN6OP/c1-3-4-8-21-18-23-15(20)14-16(24-18)25(17(19)22-14)10-12-6-5-7-13(9-12)11-27(2)26/h5-7,9,27H,3-4,8,10-11H2,1-2H3,(H3,20,21,23,24). The second-order valence-electron chi connectivity index (χ2n) is 6.55. The summed E-state index contributed by atoms with van der Waals surface area (Å²) in [6, 6.07) is 8.12. The van der Waals surface area contributed by atoms with Crippen molar-refractivity contribution in [3.8, 4) is 0 Å². The zero-order valence-electron chi connectivity index (χ0n) is 15.5. The van der Waals surface area contributed by atoms with Crippen molar-refractivity contribution in [1.82, 2.24) is 19.5 Å². The number of benzene rings is 1. The maximum atomic E-state index is 11.6. The van der Waals surface area contributed by atoms with Crippen LogP contribution in [-0.4, -0.2) is 32.7 Å². The van der Waals surface area contributed by atoms with Gasteiger partial charge in [0.25, 0.3) is 0 Å². The Balaban J connectivity index is 1.94. The number of imidazole rings is 1. The van der Waals surface area contributed by atoms with Crippen molar-refractivity contribution in [3.05, 3.63) is 40.1 Å². The van der Waals surface area contributed by atoms with Crippen LogP contribution in [-0.2, 0) is 17.3 Å². The second-order valence-corrected chi connectivity index (χ2v) is 9.02. The van der Waals surface area contributed by atoms with Crippen molar-refractivity contribution >= 4 is 46.7 Å². The number of nitrogens with one attached hydrogen (secondary N) is 1. The normalized spacial score (nSPS) is 12.4. The van der Waals surface area contributed by atoms with Crippen molar-refractivity contribution in [3.63, 3.8) is 0 Å². The predicted molar refractivity (Wildman–Crippen MR) is 115 cm³/mol. The lowest BCUT2D eigenvalue weighted by Crippen LogP contribution is -2.09. The van der Waals surface area contributed by atoms with E-state index in [0.717, 1.165) is 30.5 Å². The quantitative estimate of drug-likeness (QED) is 0.304. The van der Waals surface area contributed by atoms with Crippen molar-refractivity contribution in [1.29, 1.82) is 0 Å². The fraction of sp³-hybridized carbons (Fsp3) is 0.389. The van der Waals surface area contributed by atoms with Gasteiger partial charge in [-0.2, -0.15) is 9.97 Å². The molecule has 3 N–H and O–H groups in total. The molecule has 2 heterocycles. The highest BCUT2D eigenvalue weighted by molar-refractivity contribution is 9.10. The van der Waals surface area contributed by atoms with E-state index in [2.05, 4.69) is 49.2 Å². The third kappa shape index (κ3) is 4.87. The van der Waals surface area contributed by atoms with Crippen LogP contribution in [0.25, 0.3) is 11.2 Å². The maximum absolute atomic E-state index is 11.6. The van der Waals surface area contributed by atoms with Crippen LogP contribution in [0.1, 0.15) is 30.9 Å². The Morgan fingerprint density at radius 2 is 2.04 bits per heavy atom. The van der Waals surface area contributed by atoms with Crippen molar-refractivity contribution < 1.29 is 4.57 Å². The molecule has 0 aliphatic rings. The summed E-state index contributed by atoms with van der Waals surface area (Å²) in [5, 5.41) is 3.22. The number of rotatable bonds is 8. The van der Waals surface area contributed by atoms with Crippen LogP contribution < -0.4 is 11.1 Å². The van der Waals surface area contributed by atoms with E-state index in [-0.39, 0.29) is 0 Å². The number of hydrogen-bond acceptors (Lipinski definition) is 6. The molecule has 0 fully saturated rings. The Labute approximate surface area is 167 Å². The van der Waals surface area contributed by atoms with Crippen molar-refractivity contribution in [2.24, 2.45) is 0 Å². The first-order chi connectivity index (χ1) is 13.0. The molecule has 0 aliphatic heterocycles. The molecule has 0 aliphatic carbocycles. The third-order valence-electron chi connectivity index (χ3n) is 4.17. The molecule has 0 saturated carbocycles. The summed E-state index contributed by atoms with van der Waals surface area (Å²) in [7, 11) is -1.55. The molecule has 0 amide bonds. The molecule has 3 rings (SSSR count). The molecule has 0 radical (unpaired) electrons. The van der Waals surface area contributed by atoms with E-state index in [1.54, 1.807) is 6.66 Å². The predicted octanol–water partition coefficient (Wildman–Crippen LogP) is 4.12. The lowest BCUT2D eigenvalue weighted by molar-refractivity contribution is 0.590. The van der Waals surface area contributed by atoms with E-state index in [1.165, 1.54) is 0 Å². The van der Waals surface area contributed by atoms with E-state index in [9.17, 15) is 4.57 Å². The Bertz CT molecular complexity index is 974. The van der Waals surface area contributed by atoms with Gasteiger partial charge in [-0.25, -0.2) is 4.98 Å². The summed E-state index contributed by atoms with van der Waals surface area (Å²) in [6.07, 6.45) is 2.75. The smallest absolute Gasteiger partial charge is 0.226 e. The molecule has 9 heteroatoms. The van der Waals surface area contributed by atoms with E-state index in [1.807, 2.05) is 22.8 Å². The van der Waals surface area contributed by atoms with E-state index in [0.29, 0.717) is 40.4 Å². The maximum Gasteiger partial charge on any atom is 0.226 e. The molecule has 2 aromatic heterocycles. The molecule has 0 saturated heterocycles. The fourth-order valence-corrected chi connectivity index (χ4v) is 4.16. The van der Waals surface area contributed by atoms with Gasteiger partial charge >= 0.3 is 0 Å². The second kappa shape index (κ2) is 8.85. The van der Waals surface area contributed by atoms with Gasteiger partial charge in [-0.3, -0.25) is 4.57 Å². The highest BCUT2D eigenvalue weighted by Gasteiger charge is 2.15. The van der Waals surface area contributed by atoms with Gasteiger partial charge < -0.3 is 15.6 Å². The Morgan fingerprint density at radius 3 is 2.78 bits per heavy atom. The van der Waals surface area contributed by atoms with Crippen LogP contribution in [0, 0.1) is 0 Å². The minimum absolute atomic E-state index is 0.358. The molecular formula is C18H24BrN6OP. The van der Waals surface area contributed by atoms with E-state index >= 15 is 0 Å². The highest BCUT2D eigenvalue weighted by Crippen LogP contribution is 2.26. The number of hydrogen-bond donors (Lipinski definition) is 2. The monoisotopic (exact) mass is 450 g/mol. The van der Waals surface area contributed by atoms with E-state index in [4.69, 9.17) is 5.73 Å². The summed E-state index contributed by atoms with van der Waals surface area (Å²) in [5.41, 5.74) is 9.53. The number of halogens is 1. The Morgan fingerprint density at radius 1 is 1.26 bits per heavy atom. The molecule has 144 valence electrons. The Hall–Kier alpha value is -1.92. The van der Waals surface area contributed by atoms with Crippen molar-refractivity contribution in [2.75, 3.05) is 24.3 Å². The van der Waals surface area contributed by atoms with Gasteiger partial charge in [0.15, 0.2) is 21.7 Å². The first kappa shape index (κ1) is 19.8. The fourth-order valence-electron chi connectivity index (χ4n) is 2.90. The number of aromatic nitrogens is 4. The van der Waals surface area contributed by atoms with Crippen LogP contribution in [0.2, 0.25) is 0 Å². The summed E-state index contributed by atoms with van der Waals surface area (Å²) >= 11 is 3.51. The minimum atomic E-state index is -1.55. The SMILES string of the molecule is CCCCNc1nc(N)c2nc(Br)n(Cc3cccc(C[PH](C)=O)c3)c2n1. The molecule has 1 aromatic carbocycles. The first-order valence-electron chi connectivity index (χ1n) is 8.98. The topological polar surface area (TPSA) is 98.7 Å². The number of anilines is 2. The molecule has 7 nitrogen and oxygen atoms in total. The van der Waals surface area contributed by atoms with Crippen LogP contribution in [0.5, 0.6) is 0 Å². The van der Waals surface area contributed by atoms with Gasteiger partial charge in [0.2, 0.25) is 5.95 Å². The lowest BCUT2D eigenvalue weighted by Gasteiger charge is -2.09. The third-order valence-corrected chi connectivity index (χ3v) is 5.69. The molecule has 27 heavy (non-hydrogen) atoms. The minimum Gasteiger partial charge on any atom is -0.382 e. The number of fused-ring (bicyclic) bond motifs is 1. The molecule has 0 spiro atoms. The average molecular weight is 451 g/mol. The van der Waals surface area contributed by atoms with Crippen molar-refractivity contribution in [2.45, 2.75) is 32.5 Å². The molecule has 1 unspecified atom stereocenters. The van der Waals surface area contributed by atoms with Crippen LogP contribution in [0.15, 0.2) is 29.0 Å². The van der Waals surface area contributed by atoms with Crippen LogP contribution in [0.3, 0.4) is 0 Å². The number of nitrogens with zero attached hydrogens (tertiary/aromatic N) is 4. The Kier molecular flexibility index (Phi) is 6.50. The van der Waals surface area contributed by atoms with E-state index < -0.39 is 7.80 Å². The summed E-state index contributed by atoms with van der Waals surface area (Å²) < 4.78 is 14.2. The van der Waals surface area contributed by atoms with Gasteiger partial charge in [0.1, 0.15) is 0 Å². The lowest BCUT2D eigenvalue weighted by atomic mass is 10.1. The van der Waals surface area contributed by atoms with Gasteiger partial charge in [0.05, 0.1) is 14.3 Å². The number of nitrogens with two attached hydrogens (primary N) is 1. The summed E-state index contributed by atoms with van der Waals surface area (Å²) in [4.78, 5) is 13.4. The molecular weight excluding hydrogens is 427 g/mol. The number of unbranched alkanes of at least 4 members (excludes halogenated alkanes) is 1. The largest absolute Gasteiger partial charge is 0.382 e. The van der Waals surface area contributed by atoms with Crippen LogP contribution in [0.4, 0.5) is 11.8 Å².